The zero-order valence-corrected chi connectivity index (χ0v) is 18.9. The highest BCUT2D eigenvalue weighted by atomic mass is 16.6. The molecule has 2 heterocycles. The quantitative estimate of drug-likeness (QED) is 0.577. The molecule has 0 radical (unpaired) electrons. The van der Waals surface area contributed by atoms with Crippen molar-refractivity contribution in [2.75, 3.05) is 19.6 Å². The van der Waals surface area contributed by atoms with Gasteiger partial charge in [-0.15, -0.1) is 0 Å². The van der Waals surface area contributed by atoms with E-state index in [0.29, 0.717) is 18.3 Å². The molecule has 1 aromatic rings. The van der Waals surface area contributed by atoms with Gasteiger partial charge in [-0.05, 0) is 61.8 Å². The Morgan fingerprint density at radius 2 is 1.94 bits per heavy atom. The molecule has 31 heavy (non-hydrogen) atoms. The van der Waals surface area contributed by atoms with Crippen LogP contribution in [0, 0.1) is 23.2 Å². The van der Waals surface area contributed by atoms with Crippen molar-refractivity contribution < 1.29 is 14.6 Å². The molecule has 4 nitrogen and oxygen atoms in total. The number of hydrogen-bond acceptors (Lipinski definition) is 4. The number of nitrogens with zero attached hydrogens (tertiary/aromatic N) is 1. The second-order valence-electron chi connectivity index (χ2n) is 11.1. The first-order valence-corrected chi connectivity index (χ1v) is 12.2. The molecule has 1 N–H and O–H groups in total. The molecule has 1 aromatic carbocycles. The van der Waals surface area contributed by atoms with Crippen LogP contribution >= 0.6 is 0 Å². The second-order valence-corrected chi connectivity index (χ2v) is 11.1. The molecule has 2 saturated heterocycles. The molecule has 168 valence electrons. The SMILES string of the molecule is C=C1CCC[C@]2(C)C[C@H]3OC(=O)[C@H](CN4CCC(O)(Cc5ccccc5)CC4)[C@H]3C[C@H]12. The predicted molar refractivity (Wildman–Crippen MR) is 121 cm³/mol. The molecular formula is C27H37NO3. The van der Waals surface area contributed by atoms with Crippen LogP contribution in [0.5, 0.6) is 0 Å². The third kappa shape index (κ3) is 4.09. The number of fused-ring (bicyclic) bond motifs is 2. The van der Waals surface area contributed by atoms with Crippen molar-refractivity contribution in [2.24, 2.45) is 23.2 Å². The highest BCUT2D eigenvalue weighted by molar-refractivity contribution is 5.75. The van der Waals surface area contributed by atoms with Crippen LogP contribution in [-0.4, -0.2) is 47.3 Å². The van der Waals surface area contributed by atoms with Crippen molar-refractivity contribution in [3.8, 4) is 0 Å². The van der Waals surface area contributed by atoms with E-state index in [9.17, 15) is 9.90 Å². The monoisotopic (exact) mass is 423 g/mol. The molecule has 0 aromatic heterocycles. The standard InChI is InChI=1S/C27H37NO3/c1-19-7-6-10-26(2)17-24-21(15-23(19)26)22(25(29)31-24)18-28-13-11-27(30,12-14-28)16-20-8-4-3-5-9-20/h3-5,8-9,21-24,30H,1,6-7,10-18H2,2H3/t21-,22-,23-,24-,26-/m1/s1. The number of aliphatic hydroxyl groups is 1. The first-order chi connectivity index (χ1) is 14.9. The Hall–Kier alpha value is -1.65. The van der Waals surface area contributed by atoms with Crippen LogP contribution in [0.25, 0.3) is 0 Å². The molecular weight excluding hydrogens is 386 g/mol. The van der Waals surface area contributed by atoms with Crippen molar-refractivity contribution in [2.45, 2.75) is 70.0 Å². The van der Waals surface area contributed by atoms with Gasteiger partial charge in [0.05, 0.1) is 11.5 Å². The van der Waals surface area contributed by atoms with Crippen molar-refractivity contribution in [3.63, 3.8) is 0 Å². The second kappa shape index (κ2) is 8.04. The van der Waals surface area contributed by atoms with Crippen molar-refractivity contribution in [1.29, 1.82) is 0 Å². The van der Waals surface area contributed by atoms with E-state index in [-0.39, 0.29) is 23.4 Å². The minimum absolute atomic E-state index is 0.00739. The van der Waals surface area contributed by atoms with Crippen LogP contribution in [0.1, 0.15) is 57.4 Å². The molecule has 5 rings (SSSR count). The number of rotatable bonds is 4. The van der Waals surface area contributed by atoms with Crippen LogP contribution in [0.3, 0.4) is 0 Å². The highest BCUT2D eigenvalue weighted by Crippen LogP contribution is 2.57. The van der Waals surface area contributed by atoms with Crippen molar-refractivity contribution in [1.82, 2.24) is 4.90 Å². The van der Waals surface area contributed by atoms with Gasteiger partial charge >= 0.3 is 5.97 Å². The van der Waals surface area contributed by atoms with E-state index >= 15 is 0 Å². The Labute approximate surface area is 186 Å². The fraction of sp³-hybridized carbons (Fsp3) is 0.667. The van der Waals surface area contributed by atoms with Gasteiger partial charge in [0.2, 0.25) is 0 Å². The first kappa shape index (κ1) is 21.2. The summed E-state index contributed by atoms with van der Waals surface area (Å²) < 4.78 is 5.94. The van der Waals surface area contributed by atoms with E-state index in [0.717, 1.165) is 51.7 Å². The molecule has 4 aliphatic rings. The third-order valence-corrected chi connectivity index (χ3v) is 8.94. The minimum atomic E-state index is -0.636. The van der Waals surface area contributed by atoms with E-state index in [1.54, 1.807) is 0 Å². The minimum Gasteiger partial charge on any atom is -0.462 e. The number of carbonyl (C=O) groups excluding carboxylic acids is 1. The van der Waals surface area contributed by atoms with Crippen LogP contribution in [0.4, 0.5) is 0 Å². The average Bonchev–Trinajstić information content (AvgIpc) is 3.02. The van der Waals surface area contributed by atoms with Crippen LogP contribution in [0.2, 0.25) is 0 Å². The van der Waals surface area contributed by atoms with Gasteiger partial charge in [-0.25, -0.2) is 0 Å². The lowest BCUT2D eigenvalue weighted by atomic mass is 9.55. The Morgan fingerprint density at radius 3 is 2.68 bits per heavy atom. The summed E-state index contributed by atoms with van der Waals surface area (Å²) in [5.74, 6) is 0.847. The first-order valence-electron chi connectivity index (χ1n) is 12.2. The Morgan fingerprint density at radius 1 is 1.19 bits per heavy atom. The summed E-state index contributed by atoms with van der Waals surface area (Å²) in [6.45, 7) is 9.26. The van der Waals surface area contributed by atoms with Crippen LogP contribution in [0.15, 0.2) is 42.5 Å². The normalized spacial score (nSPS) is 37.7. The number of hydrogen-bond donors (Lipinski definition) is 1. The number of allylic oxidation sites excluding steroid dienone is 1. The molecule has 4 heteroatoms. The van der Waals surface area contributed by atoms with Gasteiger partial charge < -0.3 is 14.7 Å². The number of benzene rings is 1. The van der Waals surface area contributed by atoms with Gasteiger partial charge in [0.25, 0.3) is 0 Å². The van der Waals surface area contributed by atoms with Crippen molar-refractivity contribution in [3.05, 3.63) is 48.0 Å². The number of ether oxygens (including phenoxy) is 1. The van der Waals surface area contributed by atoms with Crippen LogP contribution < -0.4 is 0 Å². The number of likely N-dealkylation sites (tertiary alicyclic amines) is 1. The molecule has 0 spiro atoms. The number of carbonyl (C=O) groups is 1. The number of esters is 1. The van der Waals surface area contributed by atoms with Gasteiger partial charge in [0, 0.05) is 32.0 Å². The summed E-state index contributed by atoms with van der Waals surface area (Å²) in [5.41, 5.74) is 2.21. The van der Waals surface area contributed by atoms with E-state index in [1.165, 1.54) is 24.0 Å². The van der Waals surface area contributed by atoms with Gasteiger partial charge in [-0.1, -0.05) is 49.4 Å². The summed E-state index contributed by atoms with van der Waals surface area (Å²) in [5, 5.41) is 11.1. The van der Waals surface area contributed by atoms with E-state index in [1.807, 2.05) is 18.2 Å². The Balaban J connectivity index is 1.21. The fourth-order valence-corrected chi connectivity index (χ4v) is 7.05. The molecule has 2 aliphatic heterocycles. The summed E-state index contributed by atoms with van der Waals surface area (Å²) in [6.07, 6.45) is 7.97. The summed E-state index contributed by atoms with van der Waals surface area (Å²) in [6, 6.07) is 10.3. The van der Waals surface area contributed by atoms with Gasteiger partial charge in [0.15, 0.2) is 0 Å². The summed E-state index contributed by atoms with van der Waals surface area (Å²) in [7, 11) is 0. The van der Waals surface area contributed by atoms with E-state index in [2.05, 4.69) is 30.5 Å². The largest absolute Gasteiger partial charge is 0.462 e. The molecule has 0 amide bonds. The van der Waals surface area contributed by atoms with Gasteiger partial charge in [0.1, 0.15) is 6.10 Å². The summed E-state index contributed by atoms with van der Waals surface area (Å²) in [4.78, 5) is 15.2. The van der Waals surface area contributed by atoms with E-state index in [4.69, 9.17) is 4.74 Å². The summed E-state index contributed by atoms with van der Waals surface area (Å²) >= 11 is 0. The number of piperidine rings is 1. The lowest BCUT2D eigenvalue weighted by Crippen LogP contribution is -2.49. The third-order valence-electron chi connectivity index (χ3n) is 8.94. The maximum Gasteiger partial charge on any atom is 0.310 e. The molecule has 2 aliphatic carbocycles. The zero-order chi connectivity index (χ0) is 21.6. The smallest absolute Gasteiger partial charge is 0.310 e. The van der Waals surface area contributed by atoms with Gasteiger partial charge in [-0.2, -0.15) is 0 Å². The van der Waals surface area contributed by atoms with E-state index < -0.39 is 5.60 Å². The maximum atomic E-state index is 12.9. The van der Waals surface area contributed by atoms with Crippen molar-refractivity contribution >= 4 is 5.97 Å². The molecule has 4 fully saturated rings. The zero-order valence-electron chi connectivity index (χ0n) is 18.9. The average molecular weight is 424 g/mol. The molecule has 0 bridgehead atoms. The topological polar surface area (TPSA) is 49.8 Å². The predicted octanol–water partition coefficient (Wildman–Crippen LogP) is 4.37. The Bertz CT molecular complexity index is 828. The highest BCUT2D eigenvalue weighted by Gasteiger charge is 2.55. The lowest BCUT2D eigenvalue weighted by molar-refractivity contribution is -0.146. The van der Waals surface area contributed by atoms with Gasteiger partial charge in [-0.3, -0.25) is 4.79 Å². The maximum absolute atomic E-state index is 12.9. The molecule has 0 unspecified atom stereocenters. The molecule has 2 saturated carbocycles. The Kier molecular flexibility index (Phi) is 5.50. The molecule has 5 atom stereocenters. The fourth-order valence-electron chi connectivity index (χ4n) is 7.05. The lowest BCUT2D eigenvalue weighted by Gasteiger charge is -2.50. The van der Waals surface area contributed by atoms with Crippen LogP contribution in [-0.2, 0) is 16.0 Å².